The van der Waals surface area contributed by atoms with Gasteiger partial charge in [-0.2, -0.15) is 0 Å². The molecule has 0 spiro atoms. The Bertz CT molecular complexity index is 88.2. The lowest BCUT2D eigenvalue weighted by Gasteiger charge is -1.90. The monoisotopic (exact) mass is 101 g/mol. The number of nitrogens with two attached hydrogens (primary N) is 1. The molecule has 1 rings (SSSR count). The summed E-state index contributed by atoms with van der Waals surface area (Å²) in [5.74, 6) is 0. The molecule has 4 heteroatoms. The molecule has 4 N–H and O–H groups in total. The predicted octanol–water partition coefficient (Wildman–Crippen LogP) is -1.42. The molecule has 4 nitrogen and oxygen atoms in total. The number of carbonyl (C=O) groups excluding carboxylic acids is 1. The van der Waals surface area contributed by atoms with Gasteiger partial charge in [0.2, 0.25) is 0 Å². The van der Waals surface area contributed by atoms with Gasteiger partial charge in [-0.25, -0.2) is 4.79 Å². The molecule has 1 aliphatic heterocycles. The maximum atomic E-state index is 9.92. The second-order valence-corrected chi connectivity index (χ2v) is 1.47. The third-order valence-corrected chi connectivity index (χ3v) is 0.725. The molecule has 0 aliphatic carbocycles. The summed E-state index contributed by atoms with van der Waals surface area (Å²) in [6.07, 6.45) is 0.150. The van der Waals surface area contributed by atoms with Gasteiger partial charge < -0.3 is 11.1 Å². The number of rotatable bonds is 1. The number of hydrogen-bond acceptors (Lipinski definition) is 2. The highest BCUT2D eigenvalue weighted by Crippen LogP contribution is 1.87. The highest BCUT2D eigenvalue weighted by Gasteiger charge is 2.19. The first kappa shape index (κ1) is 4.39. The summed E-state index contributed by atoms with van der Waals surface area (Å²) >= 11 is 0. The Morgan fingerprint density at radius 2 is 2.57 bits per heavy atom. The number of amides is 2. The van der Waals surface area contributed by atoms with Gasteiger partial charge in [-0.3, -0.25) is 5.32 Å². The van der Waals surface area contributed by atoms with Crippen LogP contribution in [0.25, 0.3) is 0 Å². The van der Waals surface area contributed by atoms with Gasteiger partial charge in [0.15, 0.2) is 0 Å². The van der Waals surface area contributed by atoms with Gasteiger partial charge in [0.25, 0.3) is 0 Å². The topological polar surface area (TPSA) is 77.1 Å². The maximum absolute atomic E-state index is 9.92. The molecule has 0 aromatic rings. The van der Waals surface area contributed by atoms with E-state index in [1.165, 1.54) is 0 Å². The van der Waals surface area contributed by atoms with E-state index >= 15 is 0 Å². The Morgan fingerprint density at radius 3 is 2.71 bits per heavy atom. The smallest absolute Gasteiger partial charge is 0.313 e. The standard InChI is InChI=1S/C3H7N3O/c4-3(7)6-2-1-5-2/h2,5H,1H2,(H3,4,6,7). The molecule has 0 radical (unpaired) electrons. The normalized spacial score (nSPS) is 26.6. The molecular weight excluding hydrogens is 94.1 g/mol. The minimum atomic E-state index is -0.463. The van der Waals surface area contributed by atoms with Crippen LogP contribution in [-0.4, -0.2) is 18.7 Å². The quantitative estimate of drug-likeness (QED) is 0.355. The van der Waals surface area contributed by atoms with E-state index < -0.39 is 6.03 Å². The second-order valence-electron chi connectivity index (χ2n) is 1.47. The van der Waals surface area contributed by atoms with Crippen molar-refractivity contribution in [3.63, 3.8) is 0 Å². The Hall–Kier alpha value is -0.770. The predicted molar refractivity (Wildman–Crippen MR) is 24.5 cm³/mol. The van der Waals surface area contributed by atoms with Crippen molar-refractivity contribution in [2.75, 3.05) is 6.54 Å². The van der Waals surface area contributed by atoms with Gasteiger partial charge in [-0.15, -0.1) is 0 Å². The number of hydrogen-bond donors (Lipinski definition) is 3. The van der Waals surface area contributed by atoms with Crippen LogP contribution < -0.4 is 16.4 Å². The first-order valence-corrected chi connectivity index (χ1v) is 2.08. The Morgan fingerprint density at radius 1 is 2.00 bits per heavy atom. The lowest BCUT2D eigenvalue weighted by Crippen LogP contribution is -2.33. The lowest BCUT2D eigenvalue weighted by molar-refractivity contribution is 0.248. The number of urea groups is 1. The Labute approximate surface area is 41.1 Å². The SMILES string of the molecule is NC(=O)NC1CN1. The van der Waals surface area contributed by atoms with E-state index in [4.69, 9.17) is 5.73 Å². The molecule has 7 heavy (non-hydrogen) atoms. The fourth-order valence-electron chi connectivity index (χ4n) is 0.333. The van der Waals surface area contributed by atoms with Crippen LogP contribution in [0.5, 0.6) is 0 Å². The Balaban J connectivity index is 2.08. The lowest BCUT2D eigenvalue weighted by atomic mass is 10.7. The molecule has 1 aliphatic rings. The van der Waals surface area contributed by atoms with Crippen molar-refractivity contribution >= 4 is 6.03 Å². The van der Waals surface area contributed by atoms with Crippen LogP contribution in [0.1, 0.15) is 0 Å². The first-order valence-electron chi connectivity index (χ1n) is 2.08. The van der Waals surface area contributed by atoms with E-state index in [9.17, 15) is 4.79 Å². The summed E-state index contributed by atoms with van der Waals surface area (Å²) in [5.41, 5.74) is 4.74. The fraction of sp³-hybridized carbons (Fsp3) is 0.667. The van der Waals surface area contributed by atoms with Crippen molar-refractivity contribution in [3.05, 3.63) is 0 Å². The van der Waals surface area contributed by atoms with E-state index in [1.54, 1.807) is 0 Å². The highest BCUT2D eigenvalue weighted by atomic mass is 16.2. The van der Waals surface area contributed by atoms with Crippen molar-refractivity contribution in [2.45, 2.75) is 6.17 Å². The van der Waals surface area contributed by atoms with Crippen molar-refractivity contribution < 1.29 is 4.79 Å². The molecule has 1 atom stereocenters. The minimum absolute atomic E-state index is 0.150. The fourth-order valence-corrected chi connectivity index (χ4v) is 0.333. The minimum Gasteiger partial charge on any atom is -0.352 e. The molecule has 0 aromatic heterocycles. The molecule has 0 bridgehead atoms. The zero-order valence-electron chi connectivity index (χ0n) is 3.77. The zero-order chi connectivity index (χ0) is 5.28. The van der Waals surface area contributed by atoms with Crippen LogP contribution in [0, 0.1) is 0 Å². The molecule has 1 unspecified atom stereocenters. The van der Waals surface area contributed by atoms with Crippen LogP contribution >= 0.6 is 0 Å². The van der Waals surface area contributed by atoms with Crippen molar-refractivity contribution in [1.29, 1.82) is 0 Å². The molecule has 1 saturated heterocycles. The molecule has 0 saturated carbocycles. The van der Waals surface area contributed by atoms with Gasteiger partial charge in [0.05, 0.1) is 6.17 Å². The van der Waals surface area contributed by atoms with Crippen molar-refractivity contribution in [1.82, 2.24) is 10.6 Å². The van der Waals surface area contributed by atoms with E-state index in [0.29, 0.717) is 0 Å². The third kappa shape index (κ3) is 1.41. The van der Waals surface area contributed by atoms with Gasteiger partial charge in [-0.05, 0) is 0 Å². The van der Waals surface area contributed by atoms with Crippen LogP contribution in [0.15, 0.2) is 0 Å². The third-order valence-electron chi connectivity index (χ3n) is 0.725. The van der Waals surface area contributed by atoms with Crippen LogP contribution in [-0.2, 0) is 0 Å². The summed E-state index contributed by atoms with van der Waals surface area (Å²) in [7, 11) is 0. The van der Waals surface area contributed by atoms with Crippen LogP contribution in [0.4, 0.5) is 4.79 Å². The molecule has 0 aromatic carbocycles. The summed E-state index contributed by atoms with van der Waals surface area (Å²) in [6.45, 7) is 0.850. The molecule has 40 valence electrons. The summed E-state index contributed by atoms with van der Waals surface area (Å²) in [5, 5.41) is 5.30. The van der Waals surface area contributed by atoms with Gasteiger partial charge in [-0.1, -0.05) is 0 Å². The van der Waals surface area contributed by atoms with E-state index in [2.05, 4.69) is 10.6 Å². The van der Waals surface area contributed by atoms with Crippen molar-refractivity contribution in [3.8, 4) is 0 Å². The summed E-state index contributed by atoms with van der Waals surface area (Å²) in [6, 6.07) is -0.463. The average molecular weight is 101 g/mol. The van der Waals surface area contributed by atoms with Crippen LogP contribution in [0.3, 0.4) is 0 Å². The first-order chi connectivity index (χ1) is 3.29. The summed E-state index contributed by atoms with van der Waals surface area (Å²) < 4.78 is 0. The van der Waals surface area contributed by atoms with Crippen molar-refractivity contribution in [2.24, 2.45) is 5.73 Å². The van der Waals surface area contributed by atoms with Gasteiger partial charge in [0.1, 0.15) is 0 Å². The zero-order valence-corrected chi connectivity index (χ0v) is 3.77. The molecule has 1 fully saturated rings. The van der Waals surface area contributed by atoms with E-state index in [-0.39, 0.29) is 6.17 Å². The summed E-state index contributed by atoms with van der Waals surface area (Å²) in [4.78, 5) is 9.92. The molecular formula is C3H7N3O. The number of nitrogens with one attached hydrogen (secondary N) is 2. The van der Waals surface area contributed by atoms with E-state index in [0.717, 1.165) is 6.54 Å². The Kier molecular flexibility index (Phi) is 0.867. The van der Waals surface area contributed by atoms with Crippen LogP contribution in [0.2, 0.25) is 0 Å². The number of primary amides is 1. The second kappa shape index (κ2) is 1.38. The highest BCUT2D eigenvalue weighted by molar-refractivity contribution is 5.72. The maximum Gasteiger partial charge on any atom is 0.313 e. The molecule has 1 heterocycles. The average Bonchev–Trinajstić information content (AvgIpc) is 2.17. The van der Waals surface area contributed by atoms with Gasteiger partial charge in [0, 0.05) is 6.54 Å². The molecule has 2 amide bonds. The largest absolute Gasteiger partial charge is 0.352 e. The van der Waals surface area contributed by atoms with Gasteiger partial charge >= 0.3 is 6.03 Å². The number of carbonyl (C=O) groups is 1. The van der Waals surface area contributed by atoms with E-state index in [1.807, 2.05) is 0 Å².